The standard InChI is InChI=1S/C17H18N3.ClH/c1-2-19-15-5-3-4-6-16(15)20-14-9-8-13(18)11-12(14)7-10-17(19)20;/h3-11,14,16H,2,18H2,1H3;1H/q+1;/p-1. The monoisotopic (exact) mass is 299 g/mol. The maximum atomic E-state index is 5.92. The van der Waals surface area contributed by atoms with Gasteiger partial charge in [0.15, 0.2) is 11.8 Å². The minimum Gasteiger partial charge on any atom is -1.00 e. The molecule has 2 unspecified atom stereocenters. The molecule has 4 rings (SSSR count). The van der Waals surface area contributed by atoms with Crippen LogP contribution in [0.2, 0.25) is 0 Å². The van der Waals surface area contributed by atoms with E-state index in [9.17, 15) is 0 Å². The molecule has 4 heteroatoms. The summed E-state index contributed by atoms with van der Waals surface area (Å²) in [6.07, 6.45) is 19.5. The maximum absolute atomic E-state index is 5.92. The van der Waals surface area contributed by atoms with Gasteiger partial charge in [0.05, 0.1) is 6.54 Å². The van der Waals surface area contributed by atoms with Gasteiger partial charge < -0.3 is 18.1 Å². The highest BCUT2D eigenvalue weighted by atomic mass is 35.5. The van der Waals surface area contributed by atoms with E-state index in [1.165, 1.54) is 17.1 Å². The van der Waals surface area contributed by atoms with Crippen LogP contribution in [0.4, 0.5) is 0 Å². The molecule has 0 radical (unpaired) electrons. The molecule has 2 aliphatic heterocycles. The summed E-state index contributed by atoms with van der Waals surface area (Å²) in [7, 11) is 0. The van der Waals surface area contributed by atoms with Gasteiger partial charge in [-0.1, -0.05) is 12.2 Å². The van der Waals surface area contributed by atoms with Gasteiger partial charge in [-0.15, -0.1) is 0 Å². The molecule has 2 heterocycles. The first kappa shape index (κ1) is 14.0. The fourth-order valence-electron chi connectivity index (χ4n) is 3.47. The van der Waals surface area contributed by atoms with Gasteiger partial charge in [-0.05, 0) is 43.4 Å². The molecular weight excluding hydrogens is 282 g/mol. The van der Waals surface area contributed by atoms with Crippen LogP contribution in [-0.2, 0) is 0 Å². The summed E-state index contributed by atoms with van der Waals surface area (Å²) in [6.45, 7) is 3.19. The first-order valence-corrected chi connectivity index (χ1v) is 7.14. The van der Waals surface area contributed by atoms with E-state index in [1.807, 2.05) is 6.08 Å². The van der Waals surface area contributed by atoms with Crippen LogP contribution in [0.15, 0.2) is 71.8 Å². The first-order chi connectivity index (χ1) is 9.79. The van der Waals surface area contributed by atoms with Gasteiger partial charge >= 0.3 is 0 Å². The maximum Gasteiger partial charge on any atom is 0.278 e. The van der Waals surface area contributed by atoms with Crippen LogP contribution in [0.25, 0.3) is 0 Å². The Morgan fingerprint density at radius 3 is 2.81 bits per heavy atom. The van der Waals surface area contributed by atoms with E-state index in [-0.39, 0.29) is 18.4 Å². The summed E-state index contributed by atoms with van der Waals surface area (Å²) in [4.78, 5) is 2.48. The van der Waals surface area contributed by atoms with Gasteiger partial charge in [0, 0.05) is 17.3 Å². The molecule has 0 saturated carbocycles. The molecule has 2 aliphatic carbocycles. The number of fused-ring (bicyclic) bond motifs is 5. The number of nitrogens with zero attached hydrogens (tertiary/aromatic N) is 2. The minimum absolute atomic E-state index is 0. The Balaban J connectivity index is 0.00000132. The summed E-state index contributed by atoms with van der Waals surface area (Å²) in [6, 6.07) is 0.618. The van der Waals surface area contributed by atoms with Crippen molar-refractivity contribution in [1.82, 2.24) is 4.90 Å². The van der Waals surface area contributed by atoms with Crippen LogP contribution in [0.5, 0.6) is 0 Å². The predicted molar refractivity (Wildman–Crippen MR) is 81.1 cm³/mol. The molecule has 0 aromatic rings. The second-order valence-corrected chi connectivity index (χ2v) is 5.41. The lowest BCUT2D eigenvalue weighted by Gasteiger charge is -2.30. The fraction of sp³-hybridized carbons (Fsp3) is 0.235. The third-order valence-corrected chi connectivity index (χ3v) is 4.31. The van der Waals surface area contributed by atoms with Crippen molar-refractivity contribution in [3.63, 3.8) is 0 Å². The average Bonchev–Trinajstić information content (AvgIpc) is 2.80. The summed E-state index contributed by atoms with van der Waals surface area (Å²) in [5.41, 5.74) is 9.39. The summed E-state index contributed by atoms with van der Waals surface area (Å²) in [5, 5.41) is 0. The minimum atomic E-state index is 0. The highest BCUT2D eigenvalue weighted by Crippen LogP contribution is 2.35. The zero-order valence-electron chi connectivity index (χ0n) is 11.9. The lowest BCUT2D eigenvalue weighted by molar-refractivity contribution is -0.479. The molecule has 3 nitrogen and oxygen atoms in total. The van der Waals surface area contributed by atoms with E-state index in [1.54, 1.807) is 0 Å². The third kappa shape index (κ3) is 1.92. The number of hydrogen-bond acceptors (Lipinski definition) is 2. The highest BCUT2D eigenvalue weighted by Gasteiger charge is 2.47. The number of rotatable bonds is 1. The van der Waals surface area contributed by atoms with E-state index in [0.717, 1.165) is 12.2 Å². The number of nitrogens with two attached hydrogens (primary N) is 1. The molecule has 2 N–H and O–H groups in total. The summed E-state index contributed by atoms with van der Waals surface area (Å²) < 4.78 is 2.40. The zero-order valence-corrected chi connectivity index (χ0v) is 12.7. The first-order valence-electron chi connectivity index (χ1n) is 7.14. The van der Waals surface area contributed by atoms with Crippen molar-refractivity contribution in [3.05, 3.63) is 71.8 Å². The number of halogens is 1. The largest absolute Gasteiger partial charge is 1.00 e. The van der Waals surface area contributed by atoms with Crippen molar-refractivity contribution in [2.24, 2.45) is 5.73 Å². The van der Waals surface area contributed by atoms with Crippen LogP contribution in [0, 0.1) is 0 Å². The highest BCUT2D eigenvalue weighted by molar-refractivity contribution is 5.99. The van der Waals surface area contributed by atoms with Crippen LogP contribution in [0.3, 0.4) is 0 Å². The molecule has 0 saturated heterocycles. The predicted octanol–water partition coefficient (Wildman–Crippen LogP) is -1.16. The van der Waals surface area contributed by atoms with E-state index in [4.69, 9.17) is 5.73 Å². The number of allylic oxidation sites excluding steroid dienone is 5. The van der Waals surface area contributed by atoms with E-state index in [0.29, 0.717) is 6.04 Å². The molecule has 0 fully saturated rings. The Labute approximate surface area is 131 Å². The van der Waals surface area contributed by atoms with Gasteiger partial charge in [-0.3, -0.25) is 0 Å². The molecule has 108 valence electrons. The third-order valence-electron chi connectivity index (χ3n) is 4.31. The summed E-state index contributed by atoms with van der Waals surface area (Å²) >= 11 is 0. The smallest absolute Gasteiger partial charge is 0.278 e. The normalized spacial score (nSPS) is 28.2. The van der Waals surface area contributed by atoms with Crippen LogP contribution in [0.1, 0.15) is 6.92 Å². The van der Waals surface area contributed by atoms with Gasteiger partial charge in [0.2, 0.25) is 0 Å². The lowest BCUT2D eigenvalue weighted by atomic mass is 9.94. The van der Waals surface area contributed by atoms with Crippen LogP contribution >= 0.6 is 0 Å². The SMILES string of the molecule is CC[N+]1=C2C=CC=CC2N2C1=CC=C1C=C(N)C=CC12.[Cl-]. The fourth-order valence-corrected chi connectivity index (χ4v) is 3.47. The van der Waals surface area contributed by atoms with E-state index < -0.39 is 0 Å². The van der Waals surface area contributed by atoms with Crippen molar-refractivity contribution in [2.75, 3.05) is 6.54 Å². The van der Waals surface area contributed by atoms with Crippen molar-refractivity contribution in [1.29, 1.82) is 0 Å². The average molecular weight is 300 g/mol. The molecule has 0 amide bonds. The molecule has 4 aliphatic rings. The Morgan fingerprint density at radius 1 is 1.14 bits per heavy atom. The number of hydrogen-bond donors (Lipinski definition) is 1. The molecule has 0 aromatic heterocycles. The van der Waals surface area contributed by atoms with Crippen molar-refractivity contribution in [3.8, 4) is 0 Å². The molecule has 0 bridgehead atoms. The van der Waals surface area contributed by atoms with Crippen LogP contribution in [-0.4, -0.2) is 33.8 Å². The second kappa shape index (κ2) is 5.08. The molecular formula is C17H18ClN3. The van der Waals surface area contributed by atoms with Crippen molar-refractivity contribution >= 4 is 5.71 Å². The Kier molecular flexibility index (Phi) is 3.38. The summed E-state index contributed by atoms with van der Waals surface area (Å²) in [5.74, 6) is 1.29. The Hall–Kier alpha value is -2.00. The molecule has 2 atom stereocenters. The Bertz CT molecular complexity index is 689. The second-order valence-electron chi connectivity index (χ2n) is 5.41. The Morgan fingerprint density at radius 2 is 2.00 bits per heavy atom. The van der Waals surface area contributed by atoms with E-state index in [2.05, 4.69) is 65.0 Å². The van der Waals surface area contributed by atoms with Crippen LogP contribution < -0.4 is 18.1 Å². The van der Waals surface area contributed by atoms with Gasteiger partial charge in [0.25, 0.3) is 5.82 Å². The molecule has 0 spiro atoms. The topological polar surface area (TPSA) is 32.3 Å². The molecule has 0 aromatic carbocycles. The van der Waals surface area contributed by atoms with E-state index >= 15 is 0 Å². The molecule has 21 heavy (non-hydrogen) atoms. The van der Waals surface area contributed by atoms with Gasteiger partial charge in [-0.25, -0.2) is 9.48 Å². The lowest BCUT2D eigenvalue weighted by Crippen LogP contribution is -3.00. The quantitative estimate of drug-likeness (QED) is 0.619. The van der Waals surface area contributed by atoms with Crippen molar-refractivity contribution < 1.29 is 17.0 Å². The van der Waals surface area contributed by atoms with Crippen molar-refractivity contribution in [2.45, 2.75) is 19.0 Å². The van der Waals surface area contributed by atoms with Gasteiger partial charge in [0.1, 0.15) is 6.04 Å². The van der Waals surface area contributed by atoms with Gasteiger partial charge in [-0.2, -0.15) is 0 Å². The zero-order chi connectivity index (χ0) is 13.7.